The predicted molar refractivity (Wildman–Crippen MR) is 77.5 cm³/mol. The van der Waals surface area contributed by atoms with Crippen LogP contribution in [0.1, 0.15) is 49.0 Å². The average Bonchev–Trinajstić information content (AvgIpc) is 2.67. The second-order valence-electron chi connectivity index (χ2n) is 5.44. The molecule has 0 atom stereocenters. The molecular weight excluding hydrogens is 238 g/mol. The fourth-order valence-electron chi connectivity index (χ4n) is 2.48. The van der Waals surface area contributed by atoms with Gasteiger partial charge < -0.3 is 10.2 Å². The van der Waals surface area contributed by atoms with Gasteiger partial charge in [0.1, 0.15) is 11.5 Å². The zero-order chi connectivity index (χ0) is 13.7. The van der Waals surface area contributed by atoms with E-state index in [4.69, 9.17) is 0 Å². The van der Waals surface area contributed by atoms with Crippen LogP contribution >= 0.6 is 0 Å². The highest BCUT2D eigenvalue weighted by molar-refractivity contribution is 5.92. The molecule has 0 radical (unpaired) electrons. The molecule has 2 rings (SSSR count). The smallest absolute Gasteiger partial charge is 0.270 e. The Morgan fingerprint density at radius 1 is 1.21 bits per heavy atom. The molecule has 1 heterocycles. The molecule has 0 aliphatic heterocycles. The lowest BCUT2D eigenvalue weighted by atomic mass is 10.1. The van der Waals surface area contributed by atoms with Crippen LogP contribution in [0.2, 0.25) is 0 Å². The first-order valence-corrected chi connectivity index (χ1v) is 7.12. The number of anilines is 1. The number of carbonyl (C=O) groups is 1. The number of nitrogens with one attached hydrogen (secondary N) is 1. The van der Waals surface area contributed by atoms with E-state index in [1.165, 1.54) is 25.7 Å². The zero-order valence-electron chi connectivity index (χ0n) is 11.9. The van der Waals surface area contributed by atoms with Crippen molar-refractivity contribution in [3.05, 3.63) is 23.9 Å². The van der Waals surface area contributed by atoms with Gasteiger partial charge in [0.2, 0.25) is 0 Å². The molecule has 4 nitrogen and oxygen atoms in total. The van der Waals surface area contributed by atoms with Crippen molar-refractivity contribution in [2.75, 3.05) is 19.0 Å². The van der Waals surface area contributed by atoms with Gasteiger partial charge in [0, 0.05) is 20.1 Å². The van der Waals surface area contributed by atoms with Crippen molar-refractivity contribution in [1.82, 2.24) is 10.3 Å². The Bertz CT molecular complexity index is 423. The van der Waals surface area contributed by atoms with Crippen molar-refractivity contribution >= 4 is 11.7 Å². The van der Waals surface area contributed by atoms with E-state index < -0.39 is 0 Å². The summed E-state index contributed by atoms with van der Waals surface area (Å²) in [6.07, 6.45) is 7.21. The van der Waals surface area contributed by atoms with Gasteiger partial charge in [0.05, 0.1) is 0 Å². The van der Waals surface area contributed by atoms with Gasteiger partial charge in [-0.1, -0.05) is 31.7 Å². The third-order valence-corrected chi connectivity index (χ3v) is 3.62. The Morgan fingerprint density at radius 3 is 2.53 bits per heavy atom. The maximum Gasteiger partial charge on any atom is 0.270 e. The van der Waals surface area contributed by atoms with E-state index in [9.17, 15) is 4.79 Å². The minimum Gasteiger partial charge on any atom is -0.363 e. The lowest BCUT2D eigenvalue weighted by molar-refractivity contribution is 0.0928. The second kappa shape index (κ2) is 6.55. The van der Waals surface area contributed by atoms with E-state index in [2.05, 4.69) is 10.3 Å². The van der Waals surface area contributed by atoms with E-state index >= 15 is 0 Å². The molecule has 1 N–H and O–H groups in total. The molecule has 1 amide bonds. The maximum atomic E-state index is 12.2. The van der Waals surface area contributed by atoms with Gasteiger partial charge in [-0.2, -0.15) is 0 Å². The Hall–Kier alpha value is -1.58. The summed E-state index contributed by atoms with van der Waals surface area (Å²) in [5.41, 5.74) is 0.510. The number of rotatable bonds is 3. The van der Waals surface area contributed by atoms with Crippen LogP contribution in [0.25, 0.3) is 0 Å². The van der Waals surface area contributed by atoms with Crippen LogP contribution in [0.3, 0.4) is 0 Å². The summed E-state index contributed by atoms with van der Waals surface area (Å²) < 4.78 is 0. The minimum absolute atomic E-state index is 0.0457. The molecule has 0 saturated heterocycles. The van der Waals surface area contributed by atoms with E-state index in [0.29, 0.717) is 11.7 Å². The van der Waals surface area contributed by atoms with Crippen LogP contribution in [0.5, 0.6) is 0 Å². The molecule has 0 bridgehead atoms. The first kappa shape index (κ1) is 13.8. The Balaban J connectivity index is 2.00. The van der Waals surface area contributed by atoms with Crippen LogP contribution in [-0.4, -0.2) is 31.0 Å². The molecule has 0 unspecified atom stereocenters. The molecule has 19 heavy (non-hydrogen) atoms. The highest BCUT2D eigenvalue weighted by Crippen LogP contribution is 2.17. The van der Waals surface area contributed by atoms with Gasteiger partial charge in [-0.15, -0.1) is 0 Å². The van der Waals surface area contributed by atoms with E-state index in [1.807, 2.05) is 31.1 Å². The Labute approximate surface area is 115 Å². The molecule has 1 aliphatic rings. The SMILES string of the molecule is CN(C)c1cccc(C(=O)NC2CCCCCC2)n1. The number of carbonyl (C=O) groups excluding carboxylic acids is 1. The first-order valence-electron chi connectivity index (χ1n) is 7.12. The molecule has 4 heteroatoms. The van der Waals surface area contributed by atoms with E-state index in [-0.39, 0.29) is 5.91 Å². The predicted octanol–water partition coefficient (Wildman–Crippen LogP) is 2.60. The van der Waals surface area contributed by atoms with Gasteiger partial charge >= 0.3 is 0 Å². The first-order chi connectivity index (χ1) is 9.16. The van der Waals surface area contributed by atoms with Gasteiger partial charge in [-0.05, 0) is 25.0 Å². The molecule has 1 saturated carbocycles. The molecule has 1 aromatic heterocycles. The minimum atomic E-state index is -0.0457. The van der Waals surface area contributed by atoms with Crippen LogP contribution in [-0.2, 0) is 0 Å². The summed E-state index contributed by atoms with van der Waals surface area (Å²) in [7, 11) is 3.85. The van der Waals surface area contributed by atoms with Crippen LogP contribution in [0.15, 0.2) is 18.2 Å². The van der Waals surface area contributed by atoms with Crippen molar-refractivity contribution < 1.29 is 4.79 Å². The van der Waals surface area contributed by atoms with Crippen molar-refractivity contribution in [3.63, 3.8) is 0 Å². The Kier molecular flexibility index (Phi) is 4.77. The zero-order valence-corrected chi connectivity index (χ0v) is 11.9. The normalized spacial score (nSPS) is 16.7. The monoisotopic (exact) mass is 261 g/mol. The van der Waals surface area contributed by atoms with Gasteiger partial charge in [-0.25, -0.2) is 4.98 Å². The Morgan fingerprint density at radius 2 is 1.89 bits per heavy atom. The number of aromatic nitrogens is 1. The highest BCUT2D eigenvalue weighted by Gasteiger charge is 2.16. The molecule has 1 fully saturated rings. The van der Waals surface area contributed by atoms with Crippen molar-refractivity contribution in [1.29, 1.82) is 0 Å². The molecule has 104 valence electrons. The average molecular weight is 261 g/mol. The summed E-state index contributed by atoms with van der Waals surface area (Å²) in [5, 5.41) is 3.12. The fraction of sp³-hybridized carbons (Fsp3) is 0.600. The number of hydrogen-bond donors (Lipinski definition) is 1. The standard InChI is InChI=1S/C15H23N3O/c1-18(2)14-11-7-10-13(17-14)15(19)16-12-8-5-3-4-6-9-12/h7,10-12H,3-6,8-9H2,1-2H3,(H,16,19). The van der Waals surface area contributed by atoms with Crippen molar-refractivity contribution in [2.24, 2.45) is 0 Å². The number of amides is 1. The third-order valence-electron chi connectivity index (χ3n) is 3.62. The summed E-state index contributed by atoms with van der Waals surface area (Å²) in [5.74, 6) is 0.768. The summed E-state index contributed by atoms with van der Waals surface area (Å²) in [6, 6.07) is 5.88. The number of nitrogens with zero attached hydrogens (tertiary/aromatic N) is 2. The van der Waals surface area contributed by atoms with E-state index in [1.54, 1.807) is 6.07 Å². The van der Waals surface area contributed by atoms with Crippen LogP contribution < -0.4 is 10.2 Å². The lowest BCUT2D eigenvalue weighted by Crippen LogP contribution is -2.35. The molecule has 1 aromatic rings. The van der Waals surface area contributed by atoms with Crippen molar-refractivity contribution in [3.8, 4) is 0 Å². The molecule has 0 spiro atoms. The largest absolute Gasteiger partial charge is 0.363 e. The van der Waals surface area contributed by atoms with E-state index in [0.717, 1.165) is 18.7 Å². The number of pyridine rings is 1. The topological polar surface area (TPSA) is 45.2 Å². The highest BCUT2D eigenvalue weighted by atomic mass is 16.1. The summed E-state index contributed by atoms with van der Waals surface area (Å²) in [4.78, 5) is 18.5. The lowest BCUT2D eigenvalue weighted by Gasteiger charge is -2.17. The van der Waals surface area contributed by atoms with Crippen LogP contribution in [0, 0.1) is 0 Å². The third kappa shape index (κ3) is 3.94. The molecular formula is C15H23N3O. The van der Waals surface area contributed by atoms with Crippen LogP contribution in [0.4, 0.5) is 5.82 Å². The summed E-state index contributed by atoms with van der Waals surface area (Å²) in [6.45, 7) is 0. The maximum absolute atomic E-state index is 12.2. The number of hydrogen-bond acceptors (Lipinski definition) is 3. The fourth-order valence-corrected chi connectivity index (χ4v) is 2.48. The van der Waals surface area contributed by atoms with Gasteiger partial charge in [-0.3, -0.25) is 4.79 Å². The van der Waals surface area contributed by atoms with Crippen molar-refractivity contribution in [2.45, 2.75) is 44.6 Å². The summed E-state index contributed by atoms with van der Waals surface area (Å²) >= 11 is 0. The van der Waals surface area contributed by atoms with Gasteiger partial charge in [0.25, 0.3) is 5.91 Å². The molecule has 0 aromatic carbocycles. The second-order valence-corrected chi connectivity index (χ2v) is 5.44. The quantitative estimate of drug-likeness (QED) is 0.851. The van der Waals surface area contributed by atoms with Gasteiger partial charge in [0.15, 0.2) is 0 Å². The molecule has 1 aliphatic carbocycles.